The molecule has 0 saturated carbocycles. The summed E-state index contributed by atoms with van der Waals surface area (Å²) in [4.78, 5) is 20.0. The van der Waals surface area contributed by atoms with Gasteiger partial charge in [-0.3, -0.25) is 4.79 Å². The smallest absolute Gasteiger partial charge is 0.250 e. The predicted molar refractivity (Wildman–Crippen MR) is 95.0 cm³/mol. The number of nitrogens with one attached hydrogen (secondary N) is 1. The lowest BCUT2D eigenvalue weighted by atomic mass is 10.1. The largest absolute Gasteiger partial charge is 0.399 e. The molecule has 1 heterocycles. The maximum Gasteiger partial charge on any atom is 0.250 e. The maximum atomic E-state index is 11.5. The van der Waals surface area contributed by atoms with E-state index in [-0.39, 0.29) is 0 Å². The summed E-state index contributed by atoms with van der Waals surface area (Å²) in [7, 11) is 0. The van der Waals surface area contributed by atoms with Crippen molar-refractivity contribution in [2.45, 2.75) is 6.54 Å². The Kier molecular flexibility index (Phi) is 4.11. The molecule has 3 aromatic rings. The number of primary amides is 1. The fraction of sp³-hybridized carbons (Fsp3) is 0.0556. The lowest BCUT2D eigenvalue weighted by Gasteiger charge is -2.10. The van der Waals surface area contributed by atoms with Gasteiger partial charge in [0.1, 0.15) is 12.1 Å². The quantitative estimate of drug-likeness (QED) is 0.669. The molecule has 0 aliphatic rings. The molecule has 0 radical (unpaired) electrons. The summed E-state index contributed by atoms with van der Waals surface area (Å²) in [6.45, 7) is 4.29. The molecule has 0 atom stereocenters. The highest BCUT2D eigenvalue weighted by Crippen LogP contribution is 2.22. The van der Waals surface area contributed by atoms with Crippen LogP contribution in [0.4, 0.5) is 5.82 Å². The second-order valence-electron chi connectivity index (χ2n) is 5.37. The number of rotatable bonds is 5. The van der Waals surface area contributed by atoms with Crippen LogP contribution in [0.3, 0.4) is 0 Å². The zero-order chi connectivity index (χ0) is 17.1. The number of fused-ring (bicyclic) bond motifs is 1. The Bertz CT molecular complexity index is 936. The molecule has 6 nitrogen and oxygen atoms in total. The van der Waals surface area contributed by atoms with Crippen LogP contribution in [-0.4, -0.2) is 15.9 Å². The highest BCUT2D eigenvalue weighted by atomic mass is 16.1. The van der Waals surface area contributed by atoms with E-state index in [0.29, 0.717) is 29.1 Å². The molecule has 0 saturated heterocycles. The van der Waals surface area contributed by atoms with Crippen molar-refractivity contribution >= 4 is 28.3 Å². The molecule has 0 spiro atoms. The van der Waals surface area contributed by atoms with Crippen molar-refractivity contribution in [1.29, 1.82) is 0 Å². The topological polar surface area (TPSA) is 107 Å². The second-order valence-corrected chi connectivity index (χ2v) is 5.37. The van der Waals surface area contributed by atoms with Gasteiger partial charge in [-0.05, 0) is 29.3 Å². The van der Waals surface area contributed by atoms with E-state index in [4.69, 9.17) is 11.5 Å². The molecular weight excluding hydrogens is 302 g/mol. The Morgan fingerprint density at radius 1 is 1.12 bits per heavy atom. The fourth-order valence-electron chi connectivity index (χ4n) is 2.49. The number of amides is 1. The van der Waals surface area contributed by atoms with E-state index < -0.39 is 5.91 Å². The molecule has 0 bridgehead atoms. The van der Waals surface area contributed by atoms with Crippen LogP contribution in [0.1, 0.15) is 21.5 Å². The van der Waals surface area contributed by atoms with Gasteiger partial charge < -0.3 is 16.8 Å². The van der Waals surface area contributed by atoms with Crippen molar-refractivity contribution in [3.05, 3.63) is 72.1 Å². The summed E-state index contributed by atoms with van der Waals surface area (Å²) in [5, 5.41) is 4.01. The minimum Gasteiger partial charge on any atom is -0.399 e. The Morgan fingerprint density at radius 3 is 2.67 bits per heavy atom. The van der Waals surface area contributed by atoms with E-state index in [2.05, 4.69) is 21.9 Å². The summed E-state index contributed by atoms with van der Waals surface area (Å²) in [6, 6.07) is 13.0. The molecule has 24 heavy (non-hydrogen) atoms. The Morgan fingerprint density at radius 2 is 1.92 bits per heavy atom. The van der Waals surface area contributed by atoms with Gasteiger partial charge in [-0.15, -0.1) is 0 Å². The number of anilines is 1. The van der Waals surface area contributed by atoms with E-state index in [9.17, 15) is 4.79 Å². The Hall–Kier alpha value is -3.41. The second kappa shape index (κ2) is 6.37. The van der Waals surface area contributed by atoms with Crippen LogP contribution in [0.25, 0.3) is 16.6 Å². The molecule has 1 amide bonds. The third kappa shape index (κ3) is 3.03. The van der Waals surface area contributed by atoms with E-state index >= 15 is 0 Å². The summed E-state index contributed by atoms with van der Waals surface area (Å²) in [5.41, 5.74) is 14.5. The number of aromatic nitrogens is 2. The number of carbonyl (C=O) groups is 1. The number of carbonyl (C=O) groups excluding carboxylic acids is 1. The molecule has 0 aliphatic carbocycles. The lowest BCUT2D eigenvalue weighted by molar-refractivity contribution is 0.100. The van der Waals surface area contributed by atoms with E-state index in [1.54, 1.807) is 12.1 Å². The first-order valence-corrected chi connectivity index (χ1v) is 7.37. The number of hydrogen-bond donors (Lipinski definition) is 3. The predicted octanol–water partition coefficient (Wildman–Crippen LogP) is 2.27. The minimum absolute atomic E-state index is 0.374. The van der Waals surface area contributed by atoms with Gasteiger partial charge in [0.25, 0.3) is 5.91 Å². The number of para-hydroxylation sites is 1. The lowest BCUT2D eigenvalue weighted by Crippen LogP contribution is -2.12. The van der Waals surface area contributed by atoms with Crippen molar-refractivity contribution in [2.24, 2.45) is 11.5 Å². The first kappa shape index (κ1) is 15.5. The standard InChI is InChI=1S/C18H17N5O/c1-11(19)13-5-2-4-12(8-13)9-21-18-15-7-3-6-14(17(20)24)16(15)22-10-23-18/h2-8,10H,1,9,19H2,(H2,20,24)(H,21,22,23). The van der Waals surface area contributed by atoms with Gasteiger partial charge in [0, 0.05) is 17.6 Å². The van der Waals surface area contributed by atoms with Crippen molar-refractivity contribution in [2.75, 3.05) is 5.32 Å². The average Bonchev–Trinajstić information content (AvgIpc) is 2.59. The zero-order valence-corrected chi connectivity index (χ0v) is 13.0. The summed E-state index contributed by atoms with van der Waals surface area (Å²) >= 11 is 0. The molecule has 0 aliphatic heterocycles. The van der Waals surface area contributed by atoms with E-state index in [0.717, 1.165) is 16.5 Å². The van der Waals surface area contributed by atoms with Gasteiger partial charge in [-0.25, -0.2) is 9.97 Å². The molecule has 0 unspecified atom stereocenters. The average molecular weight is 319 g/mol. The van der Waals surface area contributed by atoms with Gasteiger partial charge in [0.15, 0.2) is 0 Å². The summed E-state index contributed by atoms with van der Waals surface area (Å²) < 4.78 is 0. The van der Waals surface area contributed by atoms with Gasteiger partial charge >= 0.3 is 0 Å². The SMILES string of the molecule is C=C(N)c1cccc(CNc2ncnc3c(C(N)=O)cccc23)c1. The van der Waals surface area contributed by atoms with E-state index in [1.165, 1.54) is 6.33 Å². The van der Waals surface area contributed by atoms with Crippen molar-refractivity contribution in [1.82, 2.24) is 9.97 Å². The summed E-state index contributed by atoms with van der Waals surface area (Å²) in [5.74, 6) is 0.125. The van der Waals surface area contributed by atoms with Crippen molar-refractivity contribution < 1.29 is 4.79 Å². The third-order valence-corrected chi connectivity index (χ3v) is 3.69. The highest BCUT2D eigenvalue weighted by molar-refractivity contribution is 6.06. The highest BCUT2D eigenvalue weighted by Gasteiger charge is 2.11. The minimum atomic E-state index is -0.514. The number of nitrogens with zero attached hydrogens (tertiary/aromatic N) is 2. The number of hydrogen-bond acceptors (Lipinski definition) is 5. The fourth-order valence-corrected chi connectivity index (χ4v) is 2.49. The van der Waals surface area contributed by atoms with Crippen molar-refractivity contribution in [3.8, 4) is 0 Å². The molecule has 5 N–H and O–H groups in total. The van der Waals surface area contributed by atoms with Gasteiger partial charge in [0.2, 0.25) is 0 Å². The molecule has 3 rings (SSSR count). The van der Waals surface area contributed by atoms with Crippen LogP contribution in [0, 0.1) is 0 Å². The normalized spacial score (nSPS) is 10.5. The van der Waals surface area contributed by atoms with Crippen LogP contribution >= 0.6 is 0 Å². The third-order valence-electron chi connectivity index (χ3n) is 3.69. The van der Waals surface area contributed by atoms with Gasteiger partial charge in [-0.1, -0.05) is 30.8 Å². The Labute approximate surface area is 139 Å². The van der Waals surface area contributed by atoms with Crippen LogP contribution in [0.5, 0.6) is 0 Å². The molecule has 120 valence electrons. The summed E-state index contributed by atoms with van der Waals surface area (Å²) in [6.07, 6.45) is 1.41. The Balaban J connectivity index is 1.91. The van der Waals surface area contributed by atoms with Crippen molar-refractivity contribution in [3.63, 3.8) is 0 Å². The molecular formula is C18H17N5O. The number of benzene rings is 2. The molecule has 6 heteroatoms. The molecule has 1 aromatic heterocycles. The van der Waals surface area contributed by atoms with Crippen LogP contribution in [-0.2, 0) is 6.54 Å². The van der Waals surface area contributed by atoms with E-state index in [1.807, 2.05) is 30.3 Å². The first-order chi connectivity index (χ1) is 11.6. The van der Waals surface area contributed by atoms with Gasteiger partial charge in [-0.2, -0.15) is 0 Å². The zero-order valence-electron chi connectivity index (χ0n) is 13.0. The first-order valence-electron chi connectivity index (χ1n) is 7.37. The number of nitrogens with two attached hydrogens (primary N) is 2. The molecule has 2 aromatic carbocycles. The molecule has 0 fully saturated rings. The van der Waals surface area contributed by atoms with Gasteiger partial charge in [0.05, 0.1) is 11.1 Å². The van der Waals surface area contributed by atoms with Crippen LogP contribution in [0.2, 0.25) is 0 Å². The maximum absolute atomic E-state index is 11.5. The van der Waals surface area contributed by atoms with Crippen LogP contribution in [0.15, 0.2) is 55.4 Å². The monoisotopic (exact) mass is 319 g/mol. The van der Waals surface area contributed by atoms with Crippen LogP contribution < -0.4 is 16.8 Å².